The molecule has 0 radical (unpaired) electrons. The predicted octanol–water partition coefficient (Wildman–Crippen LogP) is 0.101. The van der Waals surface area contributed by atoms with Gasteiger partial charge in [-0.15, -0.1) is 0 Å². The molecule has 0 aliphatic rings. The van der Waals surface area contributed by atoms with Crippen LogP contribution in [0, 0.1) is 0 Å². The fourth-order valence-corrected chi connectivity index (χ4v) is 0.398. The van der Waals surface area contributed by atoms with Gasteiger partial charge in [0.1, 0.15) is 6.73 Å². The lowest BCUT2D eigenvalue weighted by molar-refractivity contribution is -0.119. The average molecular weight is 182 g/mol. The van der Waals surface area contributed by atoms with Crippen LogP contribution in [0.1, 0.15) is 0 Å². The summed E-state index contributed by atoms with van der Waals surface area (Å²) in [6.07, 6.45) is 0. The molecule has 8 heavy (non-hydrogen) atoms. The molecule has 4 heteroatoms. The summed E-state index contributed by atoms with van der Waals surface area (Å²) in [6, 6.07) is 0. The minimum absolute atomic E-state index is 0.0631. The molecule has 0 aromatic carbocycles. The summed E-state index contributed by atoms with van der Waals surface area (Å²) in [5.41, 5.74) is 0. The Labute approximate surface area is 56.5 Å². The summed E-state index contributed by atoms with van der Waals surface area (Å²) in [5.74, 6) is -0.0631. The van der Waals surface area contributed by atoms with Crippen LogP contribution in [0.5, 0.6) is 0 Å². The number of halogens is 1. The zero-order valence-corrected chi connectivity index (χ0v) is 6.19. The van der Waals surface area contributed by atoms with E-state index in [0.29, 0.717) is 5.33 Å². The highest BCUT2D eigenvalue weighted by Gasteiger charge is 1.92. The lowest BCUT2D eigenvalue weighted by atomic mass is 10.7. The van der Waals surface area contributed by atoms with Crippen LogP contribution in [-0.4, -0.2) is 25.1 Å². The number of carbonyl (C=O) groups is 1. The number of rotatable bonds is 3. The van der Waals surface area contributed by atoms with Gasteiger partial charge in [0.15, 0.2) is 0 Å². The normalized spacial score (nSPS) is 8.75. The lowest BCUT2D eigenvalue weighted by Gasteiger charge is -1.97. The molecule has 0 aliphatic carbocycles. The first-order valence-electron chi connectivity index (χ1n) is 2.13. The van der Waals surface area contributed by atoms with Gasteiger partial charge in [0.2, 0.25) is 5.91 Å². The number of alkyl halides is 1. The van der Waals surface area contributed by atoms with E-state index in [0.717, 1.165) is 0 Å². The maximum absolute atomic E-state index is 10.3. The number of carbonyl (C=O) groups excluding carboxylic acids is 1. The molecule has 0 bridgehead atoms. The van der Waals surface area contributed by atoms with E-state index >= 15 is 0 Å². The monoisotopic (exact) mass is 181 g/mol. The van der Waals surface area contributed by atoms with Gasteiger partial charge < -0.3 is 10.1 Å². The van der Waals surface area contributed by atoms with E-state index in [1.807, 2.05) is 0 Å². The van der Waals surface area contributed by atoms with Gasteiger partial charge in [-0.3, -0.25) is 4.79 Å². The van der Waals surface area contributed by atoms with Crippen molar-refractivity contribution < 1.29 is 9.53 Å². The molecule has 0 saturated heterocycles. The van der Waals surface area contributed by atoms with E-state index in [1.54, 1.807) is 0 Å². The molecule has 48 valence electrons. The zero-order valence-electron chi connectivity index (χ0n) is 4.61. The molecule has 0 unspecified atom stereocenters. The van der Waals surface area contributed by atoms with Crippen LogP contribution in [0.4, 0.5) is 0 Å². The maximum Gasteiger partial charge on any atom is 0.232 e. The summed E-state index contributed by atoms with van der Waals surface area (Å²) < 4.78 is 4.56. The number of amides is 1. The molecule has 1 amide bonds. The molecule has 3 nitrogen and oxygen atoms in total. The van der Waals surface area contributed by atoms with Crippen molar-refractivity contribution in [3.63, 3.8) is 0 Å². The Hall–Kier alpha value is -0.0900. The van der Waals surface area contributed by atoms with Crippen molar-refractivity contribution in [3.05, 3.63) is 0 Å². The predicted molar refractivity (Wildman–Crippen MR) is 33.8 cm³/mol. The first-order chi connectivity index (χ1) is 3.81. The number of methoxy groups -OCH3 is 1. The molecule has 0 aromatic heterocycles. The Kier molecular flexibility index (Phi) is 5.00. The molecular weight excluding hydrogens is 174 g/mol. The van der Waals surface area contributed by atoms with Crippen LogP contribution in [0.3, 0.4) is 0 Å². The molecule has 0 spiro atoms. The van der Waals surface area contributed by atoms with Crippen molar-refractivity contribution >= 4 is 21.8 Å². The summed E-state index contributed by atoms with van der Waals surface area (Å²) in [5, 5.41) is 2.80. The van der Waals surface area contributed by atoms with Crippen molar-refractivity contribution in [1.29, 1.82) is 0 Å². The van der Waals surface area contributed by atoms with Crippen LogP contribution in [0.25, 0.3) is 0 Å². The topological polar surface area (TPSA) is 38.3 Å². The molecule has 0 aromatic rings. The minimum atomic E-state index is -0.0631. The van der Waals surface area contributed by atoms with Gasteiger partial charge in [-0.05, 0) is 0 Å². The largest absolute Gasteiger partial charge is 0.364 e. The van der Waals surface area contributed by atoms with Gasteiger partial charge in [0.05, 0.1) is 5.33 Å². The van der Waals surface area contributed by atoms with E-state index in [9.17, 15) is 4.79 Å². The Balaban J connectivity index is 2.99. The third-order valence-corrected chi connectivity index (χ3v) is 1.04. The third-order valence-electron chi connectivity index (χ3n) is 0.535. The zero-order chi connectivity index (χ0) is 6.41. The highest BCUT2D eigenvalue weighted by Crippen LogP contribution is 1.76. The quantitative estimate of drug-likeness (QED) is 0.496. The van der Waals surface area contributed by atoms with Gasteiger partial charge in [-0.2, -0.15) is 0 Å². The number of hydrogen-bond donors (Lipinski definition) is 1. The fourth-order valence-electron chi connectivity index (χ4n) is 0.200. The first kappa shape index (κ1) is 7.91. The second kappa shape index (κ2) is 5.05. The van der Waals surface area contributed by atoms with Crippen molar-refractivity contribution in [2.45, 2.75) is 0 Å². The summed E-state index contributed by atoms with van der Waals surface area (Å²) in [7, 11) is 1.52. The van der Waals surface area contributed by atoms with E-state index in [4.69, 9.17) is 0 Å². The van der Waals surface area contributed by atoms with Crippen molar-refractivity contribution in [2.24, 2.45) is 0 Å². The number of ether oxygens (including phenoxy) is 1. The third kappa shape index (κ3) is 4.08. The van der Waals surface area contributed by atoms with Crippen LogP contribution in [-0.2, 0) is 9.53 Å². The van der Waals surface area contributed by atoms with Crippen LogP contribution in [0.15, 0.2) is 0 Å². The fraction of sp³-hybridized carbons (Fsp3) is 0.750. The van der Waals surface area contributed by atoms with Gasteiger partial charge in [-0.25, -0.2) is 0 Å². The maximum atomic E-state index is 10.3. The van der Waals surface area contributed by atoms with Crippen LogP contribution < -0.4 is 5.32 Å². The molecule has 1 N–H and O–H groups in total. The molecular formula is C4H8BrNO2. The highest BCUT2D eigenvalue weighted by atomic mass is 79.9. The van der Waals surface area contributed by atoms with Gasteiger partial charge in [0, 0.05) is 7.11 Å². The van der Waals surface area contributed by atoms with E-state index in [2.05, 4.69) is 26.0 Å². The molecule has 0 atom stereocenters. The standard InChI is InChI=1S/C4H8BrNO2/c1-8-3-6-4(7)2-5/h2-3H2,1H3,(H,6,7). The lowest BCUT2D eigenvalue weighted by Crippen LogP contribution is -2.25. The van der Waals surface area contributed by atoms with E-state index in [1.165, 1.54) is 7.11 Å². The first-order valence-corrected chi connectivity index (χ1v) is 3.25. The summed E-state index contributed by atoms with van der Waals surface area (Å²) >= 11 is 2.98. The van der Waals surface area contributed by atoms with Crippen molar-refractivity contribution in [3.8, 4) is 0 Å². The summed E-state index contributed by atoms with van der Waals surface area (Å²) in [4.78, 5) is 10.3. The number of hydrogen-bond acceptors (Lipinski definition) is 2. The van der Waals surface area contributed by atoms with Crippen molar-refractivity contribution in [2.75, 3.05) is 19.2 Å². The highest BCUT2D eigenvalue weighted by molar-refractivity contribution is 9.09. The SMILES string of the molecule is COCNC(=O)CBr. The molecule has 0 rings (SSSR count). The molecule has 0 aliphatic heterocycles. The van der Waals surface area contributed by atoms with Gasteiger partial charge >= 0.3 is 0 Å². The van der Waals surface area contributed by atoms with E-state index < -0.39 is 0 Å². The van der Waals surface area contributed by atoms with Gasteiger partial charge in [0.25, 0.3) is 0 Å². The second-order valence-electron chi connectivity index (χ2n) is 1.17. The van der Waals surface area contributed by atoms with Crippen LogP contribution >= 0.6 is 15.9 Å². The average Bonchev–Trinajstić information content (AvgIpc) is 1.83. The Morgan fingerprint density at radius 1 is 1.88 bits per heavy atom. The van der Waals surface area contributed by atoms with Crippen LogP contribution in [0.2, 0.25) is 0 Å². The van der Waals surface area contributed by atoms with E-state index in [-0.39, 0.29) is 12.6 Å². The smallest absolute Gasteiger partial charge is 0.232 e. The summed E-state index contributed by atoms with van der Waals surface area (Å²) in [6.45, 7) is 0.282. The van der Waals surface area contributed by atoms with Crippen molar-refractivity contribution in [1.82, 2.24) is 5.32 Å². The molecule has 0 saturated carbocycles. The molecule has 0 heterocycles. The second-order valence-corrected chi connectivity index (χ2v) is 1.73. The number of nitrogens with one attached hydrogen (secondary N) is 1. The Morgan fingerprint density at radius 3 is 2.88 bits per heavy atom. The molecule has 0 fully saturated rings. The van der Waals surface area contributed by atoms with Gasteiger partial charge in [-0.1, -0.05) is 15.9 Å². The minimum Gasteiger partial charge on any atom is -0.364 e. The Bertz CT molecular complexity index is 76.4. The Morgan fingerprint density at radius 2 is 2.50 bits per heavy atom.